The van der Waals surface area contributed by atoms with Crippen molar-refractivity contribution in [3.05, 3.63) is 21.0 Å². The lowest BCUT2D eigenvalue weighted by Gasteiger charge is -2.05. The van der Waals surface area contributed by atoms with Crippen LogP contribution in [0.3, 0.4) is 0 Å². The molecule has 0 saturated carbocycles. The highest BCUT2D eigenvalue weighted by atomic mass is 127. The molecule has 6 heteroatoms. The highest BCUT2D eigenvalue weighted by molar-refractivity contribution is 14.1. The molecule has 1 aromatic rings. The van der Waals surface area contributed by atoms with Crippen LogP contribution in [0.15, 0.2) is 6.07 Å². The van der Waals surface area contributed by atoms with Crippen LogP contribution in [0, 0.1) is 14.9 Å². The molecule has 1 aromatic heterocycles. The molecule has 0 saturated heterocycles. The third-order valence-electron chi connectivity index (χ3n) is 1.51. The molecule has 1 rings (SSSR count). The van der Waals surface area contributed by atoms with Crippen molar-refractivity contribution < 1.29 is 13.9 Å². The number of aromatic nitrogens is 1. The van der Waals surface area contributed by atoms with Gasteiger partial charge in [0.25, 0.3) is 6.43 Å². The van der Waals surface area contributed by atoms with Gasteiger partial charge in [-0.1, -0.05) is 0 Å². The summed E-state index contributed by atoms with van der Waals surface area (Å²) in [6.45, 7) is 0. The molecule has 0 radical (unpaired) electrons. The summed E-state index contributed by atoms with van der Waals surface area (Å²) in [5.74, 6) is -0.222. The maximum atomic E-state index is 12.3. The Kier molecular flexibility index (Phi) is 3.57. The van der Waals surface area contributed by atoms with Gasteiger partial charge in [-0.05, 0) is 28.7 Å². The molecule has 0 unspecified atom stereocenters. The first-order valence-corrected chi connectivity index (χ1v) is 4.67. The van der Waals surface area contributed by atoms with Gasteiger partial charge in [0, 0.05) is 3.57 Å². The van der Waals surface area contributed by atoms with Gasteiger partial charge >= 0.3 is 0 Å². The fraction of sp³-hybridized carbons (Fsp3) is 0.250. The van der Waals surface area contributed by atoms with Crippen molar-refractivity contribution in [3.63, 3.8) is 0 Å². The molecule has 0 atom stereocenters. The number of hydrogen-bond donors (Lipinski definition) is 1. The Morgan fingerprint density at radius 2 is 2.29 bits per heavy atom. The number of nitriles is 1. The molecule has 74 valence electrons. The van der Waals surface area contributed by atoms with Crippen LogP contribution in [0.1, 0.15) is 17.8 Å². The van der Waals surface area contributed by atoms with Crippen molar-refractivity contribution >= 4 is 22.6 Å². The molecule has 0 amide bonds. The SMILES string of the molecule is N#CCc1nc(C(F)F)c(I)cc1O. The Hall–Kier alpha value is -0.970. The van der Waals surface area contributed by atoms with Crippen molar-refractivity contribution in [3.8, 4) is 11.8 Å². The van der Waals surface area contributed by atoms with Gasteiger partial charge in [-0.25, -0.2) is 13.8 Å². The Balaban J connectivity index is 3.21. The summed E-state index contributed by atoms with van der Waals surface area (Å²) < 4.78 is 24.9. The van der Waals surface area contributed by atoms with Gasteiger partial charge in [-0.3, -0.25) is 0 Å². The second-order valence-corrected chi connectivity index (χ2v) is 3.62. The summed E-state index contributed by atoms with van der Waals surface area (Å²) in [5.41, 5.74) is -0.406. The molecule has 0 aliphatic carbocycles. The van der Waals surface area contributed by atoms with E-state index in [0.717, 1.165) is 0 Å². The zero-order chi connectivity index (χ0) is 10.7. The molecule has 14 heavy (non-hydrogen) atoms. The smallest absolute Gasteiger partial charge is 0.281 e. The predicted molar refractivity (Wildman–Crippen MR) is 52.9 cm³/mol. The lowest BCUT2D eigenvalue weighted by atomic mass is 10.2. The Morgan fingerprint density at radius 3 is 2.79 bits per heavy atom. The molecule has 1 heterocycles. The Morgan fingerprint density at radius 1 is 1.64 bits per heavy atom. The van der Waals surface area contributed by atoms with Crippen molar-refractivity contribution in [2.75, 3.05) is 0 Å². The summed E-state index contributed by atoms with van der Waals surface area (Å²) in [6.07, 6.45) is -2.87. The van der Waals surface area contributed by atoms with Crippen molar-refractivity contribution in [1.29, 1.82) is 5.26 Å². The zero-order valence-electron chi connectivity index (χ0n) is 6.84. The molecule has 0 aliphatic rings. The van der Waals surface area contributed by atoms with Crippen LogP contribution in [0.4, 0.5) is 8.78 Å². The van der Waals surface area contributed by atoms with E-state index in [1.54, 1.807) is 28.7 Å². The summed E-state index contributed by atoms with van der Waals surface area (Å²) >= 11 is 1.66. The largest absolute Gasteiger partial charge is 0.506 e. The first kappa shape index (κ1) is 11.1. The van der Waals surface area contributed by atoms with Crippen LogP contribution in [0.25, 0.3) is 0 Å². The molecule has 0 fully saturated rings. The van der Waals surface area contributed by atoms with E-state index < -0.39 is 12.1 Å². The molecule has 0 spiro atoms. The van der Waals surface area contributed by atoms with Gasteiger partial charge in [-0.15, -0.1) is 0 Å². The van der Waals surface area contributed by atoms with Gasteiger partial charge in [0.1, 0.15) is 11.4 Å². The van der Waals surface area contributed by atoms with Gasteiger partial charge in [-0.2, -0.15) is 5.26 Å². The van der Waals surface area contributed by atoms with Crippen LogP contribution in [-0.2, 0) is 6.42 Å². The van der Waals surface area contributed by atoms with Gasteiger partial charge in [0.15, 0.2) is 0 Å². The minimum Gasteiger partial charge on any atom is -0.506 e. The van der Waals surface area contributed by atoms with E-state index in [1.807, 2.05) is 0 Å². The maximum Gasteiger partial charge on any atom is 0.281 e. The standard InChI is InChI=1S/C8H5F2IN2O/c9-8(10)7-4(11)3-6(14)5(13-7)1-2-12/h3,8,14H,1H2. The summed E-state index contributed by atoms with van der Waals surface area (Å²) in [6, 6.07) is 2.92. The molecule has 0 bridgehead atoms. The van der Waals surface area contributed by atoms with Crippen molar-refractivity contribution in [2.45, 2.75) is 12.8 Å². The fourth-order valence-electron chi connectivity index (χ4n) is 0.891. The first-order valence-electron chi connectivity index (χ1n) is 3.59. The molecule has 3 nitrogen and oxygen atoms in total. The number of halogens is 3. The molecular weight excluding hydrogens is 305 g/mol. The normalized spacial score (nSPS) is 10.2. The monoisotopic (exact) mass is 310 g/mol. The second-order valence-electron chi connectivity index (χ2n) is 2.46. The van der Waals surface area contributed by atoms with E-state index >= 15 is 0 Å². The van der Waals surface area contributed by atoms with E-state index in [0.29, 0.717) is 0 Å². The highest BCUT2D eigenvalue weighted by Crippen LogP contribution is 2.27. The quantitative estimate of drug-likeness (QED) is 0.853. The number of pyridine rings is 1. The van der Waals surface area contributed by atoms with Crippen LogP contribution in [0.5, 0.6) is 5.75 Å². The average molecular weight is 310 g/mol. The number of hydrogen-bond acceptors (Lipinski definition) is 3. The van der Waals surface area contributed by atoms with Crippen LogP contribution in [-0.4, -0.2) is 10.1 Å². The van der Waals surface area contributed by atoms with E-state index in [4.69, 9.17) is 5.26 Å². The third-order valence-corrected chi connectivity index (χ3v) is 2.38. The lowest BCUT2D eigenvalue weighted by molar-refractivity contribution is 0.144. The van der Waals surface area contributed by atoms with Gasteiger partial charge < -0.3 is 5.11 Å². The van der Waals surface area contributed by atoms with Crippen LogP contribution in [0.2, 0.25) is 0 Å². The Bertz CT molecular complexity index is 390. The maximum absolute atomic E-state index is 12.3. The van der Waals surface area contributed by atoms with E-state index in [9.17, 15) is 13.9 Å². The average Bonchev–Trinajstić information content (AvgIpc) is 2.09. The summed E-state index contributed by atoms with van der Waals surface area (Å²) in [5, 5.41) is 17.6. The molecule has 1 N–H and O–H groups in total. The van der Waals surface area contributed by atoms with Gasteiger partial charge in [0.2, 0.25) is 0 Å². The second kappa shape index (κ2) is 4.50. The predicted octanol–water partition coefficient (Wildman–Crippen LogP) is 2.40. The molecule has 0 aliphatic heterocycles. The first-order chi connectivity index (χ1) is 6.56. The fourth-order valence-corrected chi connectivity index (χ4v) is 1.54. The van der Waals surface area contributed by atoms with E-state index in [2.05, 4.69) is 4.98 Å². The minimum absolute atomic E-state index is 0.0109. The number of nitrogens with zero attached hydrogens (tertiary/aromatic N) is 2. The van der Waals surface area contributed by atoms with Crippen LogP contribution >= 0.6 is 22.6 Å². The summed E-state index contributed by atoms with van der Waals surface area (Å²) in [4.78, 5) is 3.53. The molecule has 0 aromatic carbocycles. The number of alkyl halides is 2. The molecular formula is C8H5F2IN2O. The Labute approximate surface area is 92.5 Å². The minimum atomic E-state index is -2.69. The van der Waals surface area contributed by atoms with Crippen LogP contribution < -0.4 is 0 Å². The van der Waals surface area contributed by atoms with Crippen molar-refractivity contribution in [2.24, 2.45) is 0 Å². The number of rotatable bonds is 2. The highest BCUT2D eigenvalue weighted by Gasteiger charge is 2.16. The third kappa shape index (κ3) is 2.29. The van der Waals surface area contributed by atoms with Crippen molar-refractivity contribution in [1.82, 2.24) is 4.98 Å². The topological polar surface area (TPSA) is 56.9 Å². The van der Waals surface area contributed by atoms with E-state index in [-0.39, 0.29) is 21.4 Å². The van der Waals surface area contributed by atoms with Gasteiger partial charge in [0.05, 0.1) is 18.2 Å². The number of aromatic hydroxyl groups is 1. The lowest BCUT2D eigenvalue weighted by Crippen LogP contribution is -1.99. The zero-order valence-corrected chi connectivity index (χ0v) is 8.99. The van der Waals surface area contributed by atoms with E-state index in [1.165, 1.54) is 6.07 Å². The summed E-state index contributed by atoms with van der Waals surface area (Å²) in [7, 11) is 0.